The quantitative estimate of drug-likeness (QED) is 0.581. The number of unbranched alkanes of at least 4 members (excludes halogenated alkanes) is 1. The van der Waals surface area contributed by atoms with Crippen LogP contribution in [0, 0.1) is 0 Å². The van der Waals surface area contributed by atoms with E-state index in [9.17, 15) is 4.79 Å². The highest BCUT2D eigenvalue weighted by molar-refractivity contribution is 8.00. The van der Waals surface area contributed by atoms with E-state index in [1.807, 2.05) is 11.8 Å². The largest absolute Gasteiger partial charge is 0.481 e. The molecule has 5 N–H and O–H groups in total. The summed E-state index contributed by atoms with van der Waals surface area (Å²) in [5.41, 5.74) is 11.7. The van der Waals surface area contributed by atoms with Crippen LogP contribution in [0.5, 0.6) is 0 Å². The zero-order valence-electron chi connectivity index (χ0n) is 8.19. The number of aliphatic carboxylic acids is 1. The van der Waals surface area contributed by atoms with Crippen molar-refractivity contribution in [1.29, 1.82) is 0 Å². The molecule has 1 rings (SSSR count). The van der Waals surface area contributed by atoms with Crippen LogP contribution in [0.4, 0.5) is 0 Å². The summed E-state index contributed by atoms with van der Waals surface area (Å²) in [6.45, 7) is 0. The van der Waals surface area contributed by atoms with Gasteiger partial charge in [-0.25, -0.2) is 0 Å². The molecule has 4 nitrogen and oxygen atoms in total. The molecule has 0 unspecified atom stereocenters. The zero-order valence-corrected chi connectivity index (χ0v) is 9.00. The molecular formula is C9H18N2O2S. The van der Waals surface area contributed by atoms with Crippen LogP contribution in [0.3, 0.4) is 0 Å². The molecule has 82 valence electrons. The van der Waals surface area contributed by atoms with E-state index >= 15 is 0 Å². The van der Waals surface area contributed by atoms with Crippen LogP contribution in [0.15, 0.2) is 0 Å². The number of carbonyl (C=O) groups is 1. The Morgan fingerprint density at radius 1 is 1.43 bits per heavy atom. The topological polar surface area (TPSA) is 89.3 Å². The van der Waals surface area contributed by atoms with Crippen LogP contribution in [0.1, 0.15) is 25.7 Å². The number of thioether (sulfide) groups is 1. The predicted octanol–water partition coefficient (Wildman–Crippen LogP) is 0.401. The molecule has 3 atom stereocenters. The highest BCUT2D eigenvalue weighted by Crippen LogP contribution is 2.28. The molecule has 0 aromatic heterocycles. The SMILES string of the molecule is N[C@@H]1[C@@H](N)CS[C@@H]1CCCCC(=O)O. The third-order valence-corrected chi connectivity index (χ3v) is 4.11. The van der Waals surface area contributed by atoms with Gasteiger partial charge in [0.25, 0.3) is 0 Å². The van der Waals surface area contributed by atoms with Gasteiger partial charge in [0.05, 0.1) is 0 Å². The third-order valence-electron chi connectivity index (χ3n) is 2.56. The standard InChI is InChI=1S/C9H18N2O2S/c10-6-5-14-7(9(6)11)3-1-2-4-8(12)13/h6-7,9H,1-5,10-11H2,(H,12,13)/t6-,7+,9+/m0/s1. The van der Waals surface area contributed by atoms with Gasteiger partial charge in [-0.3, -0.25) is 4.79 Å². The minimum absolute atomic E-state index is 0.0878. The molecule has 0 aliphatic carbocycles. The average molecular weight is 218 g/mol. The number of hydrogen-bond donors (Lipinski definition) is 3. The van der Waals surface area contributed by atoms with Gasteiger partial charge in [0.2, 0.25) is 0 Å². The number of hydrogen-bond acceptors (Lipinski definition) is 4. The smallest absolute Gasteiger partial charge is 0.303 e. The molecule has 5 heteroatoms. The van der Waals surface area contributed by atoms with Gasteiger partial charge in [-0.1, -0.05) is 6.42 Å². The van der Waals surface area contributed by atoms with Crippen molar-refractivity contribution in [2.45, 2.75) is 43.0 Å². The number of carboxylic acids is 1. The Balaban J connectivity index is 2.10. The summed E-state index contributed by atoms with van der Waals surface area (Å²) in [6, 6.07) is 0.203. The van der Waals surface area contributed by atoms with E-state index < -0.39 is 5.97 Å². The van der Waals surface area contributed by atoms with E-state index in [1.54, 1.807) is 0 Å². The van der Waals surface area contributed by atoms with E-state index in [2.05, 4.69) is 0 Å². The number of rotatable bonds is 5. The van der Waals surface area contributed by atoms with E-state index in [0.717, 1.165) is 25.0 Å². The Labute approximate surface area is 88.4 Å². The van der Waals surface area contributed by atoms with Gasteiger partial charge in [-0.2, -0.15) is 11.8 Å². The molecule has 14 heavy (non-hydrogen) atoms. The first kappa shape index (κ1) is 11.8. The van der Waals surface area contributed by atoms with Gasteiger partial charge < -0.3 is 16.6 Å². The summed E-state index contributed by atoms with van der Waals surface area (Å²) in [7, 11) is 0. The van der Waals surface area contributed by atoms with Crippen LogP contribution in [0.25, 0.3) is 0 Å². The van der Waals surface area contributed by atoms with E-state index in [0.29, 0.717) is 5.25 Å². The van der Waals surface area contributed by atoms with E-state index in [-0.39, 0.29) is 18.5 Å². The lowest BCUT2D eigenvalue weighted by atomic mass is 10.0. The molecule has 0 radical (unpaired) electrons. The molecule has 0 bridgehead atoms. The molecule has 0 saturated carbocycles. The molecule has 1 heterocycles. The summed E-state index contributed by atoms with van der Waals surface area (Å²) in [5, 5.41) is 8.88. The highest BCUT2D eigenvalue weighted by atomic mass is 32.2. The van der Waals surface area contributed by atoms with Gasteiger partial charge in [-0.15, -0.1) is 0 Å². The maximum absolute atomic E-state index is 10.3. The zero-order chi connectivity index (χ0) is 10.6. The van der Waals surface area contributed by atoms with Gasteiger partial charge in [0, 0.05) is 29.5 Å². The predicted molar refractivity (Wildman–Crippen MR) is 58.3 cm³/mol. The molecule has 1 aliphatic rings. The lowest BCUT2D eigenvalue weighted by Crippen LogP contribution is -2.43. The Kier molecular flexibility index (Phi) is 4.71. The van der Waals surface area contributed by atoms with Crippen molar-refractivity contribution >= 4 is 17.7 Å². The van der Waals surface area contributed by atoms with Crippen molar-refractivity contribution in [3.05, 3.63) is 0 Å². The molecule has 0 spiro atoms. The highest BCUT2D eigenvalue weighted by Gasteiger charge is 2.30. The van der Waals surface area contributed by atoms with E-state index in [4.69, 9.17) is 16.6 Å². The fraction of sp³-hybridized carbons (Fsp3) is 0.889. The second kappa shape index (κ2) is 5.58. The van der Waals surface area contributed by atoms with E-state index in [1.165, 1.54) is 0 Å². The second-order valence-electron chi connectivity index (χ2n) is 3.75. The molecule has 0 aromatic rings. The van der Waals surface area contributed by atoms with Crippen LogP contribution in [-0.2, 0) is 4.79 Å². The minimum atomic E-state index is -0.718. The summed E-state index contributed by atoms with van der Waals surface area (Å²) < 4.78 is 0. The van der Waals surface area contributed by atoms with Gasteiger partial charge in [-0.05, 0) is 12.8 Å². The van der Waals surface area contributed by atoms with Crippen molar-refractivity contribution in [1.82, 2.24) is 0 Å². The van der Waals surface area contributed by atoms with Crippen molar-refractivity contribution < 1.29 is 9.90 Å². The maximum atomic E-state index is 10.3. The lowest BCUT2D eigenvalue weighted by molar-refractivity contribution is -0.137. The second-order valence-corrected chi connectivity index (χ2v) is 5.02. The Morgan fingerprint density at radius 2 is 2.14 bits per heavy atom. The van der Waals surface area contributed by atoms with Crippen LogP contribution < -0.4 is 11.5 Å². The number of carboxylic acid groups (broad SMARTS) is 1. The van der Waals surface area contributed by atoms with Crippen molar-refractivity contribution in [3.63, 3.8) is 0 Å². The van der Waals surface area contributed by atoms with Gasteiger partial charge in [0.1, 0.15) is 0 Å². The molecule has 1 aliphatic heterocycles. The average Bonchev–Trinajstić information content (AvgIpc) is 2.43. The molecule has 1 saturated heterocycles. The molecule has 0 aromatic carbocycles. The third kappa shape index (κ3) is 3.48. The van der Waals surface area contributed by atoms with Crippen LogP contribution in [-0.4, -0.2) is 34.2 Å². The Bertz CT molecular complexity index is 201. The molecule has 1 fully saturated rings. The van der Waals surface area contributed by atoms with Crippen LogP contribution >= 0.6 is 11.8 Å². The van der Waals surface area contributed by atoms with Crippen molar-refractivity contribution in [2.75, 3.05) is 5.75 Å². The first-order valence-corrected chi connectivity index (χ1v) is 6.00. The van der Waals surface area contributed by atoms with Gasteiger partial charge >= 0.3 is 5.97 Å². The first-order valence-electron chi connectivity index (χ1n) is 4.96. The monoisotopic (exact) mass is 218 g/mol. The molecule has 0 amide bonds. The first-order chi connectivity index (χ1) is 6.61. The lowest BCUT2D eigenvalue weighted by Gasteiger charge is -2.16. The summed E-state index contributed by atoms with van der Waals surface area (Å²) >= 11 is 1.82. The van der Waals surface area contributed by atoms with Crippen molar-refractivity contribution in [3.8, 4) is 0 Å². The Morgan fingerprint density at radius 3 is 2.64 bits per heavy atom. The van der Waals surface area contributed by atoms with Gasteiger partial charge in [0.15, 0.2) is 0 Å². The maximum Gasteiger partial charge on any atom is 0.303 e. The molecular weight excluding hydrogens is 200 g/mol. The summed E-state index contributed by atoms with van der Waals surface area (Å²) in [6.07, 6.45) is 2.93. The van der Waals surface area contributed by atoms with Crippen molar-refractivity contribution in [2.24, 2.45) is 11.5 Å². The fourth-order valence-corrected chi connectivity index (χ4v) is 3.08. The summed E-state index contributed by atoms with van der Waals surface area (Å²) in [4.78, 5) is 10.3. The Hall–Kier alpha value is -0.260. The minimum Gasteiger partial charge on any atom is -0.481 e. The summed E-state index contributed by atoms with van der Waals surface area (Å²) in [5.74, 6) is 0.218. The number of nitrogens with two attached hydrogens (primary N) is 2. The fourth-order valence-electron chi connectivity index (χ4n) is 1.63. The van der Waals surface area contributed by atoms with Crippen LogP contribution in [0.2, 0.25) is 0 Å². The normalized spacial score (nSPS) is 32.0.